The van der Waals surface area contributed by atoms with Crippen LogP contribution in [0.5, 0.6) is 0 Å². The number of benzene rings is 2. The Labute approximate surface area is 201 Å². The Bertz CT molecular complexity index is 1190. The highest BCUT2D eigenvalue weighted by Gasteiger charge is 2.25. The molecule has 3 aromatic rings. The summed E-state index contributed by atoms with van der Waals surface area (Å²) in [4.78, 5) is 19.3. The monoisotopic (exact) mass is 488 g/mol. The molecule has 1 unspecified atom stereocenters. The van der Waals surface area contributed by atoms with Gasteiger partial charge in [0.15, 0.2) is 5.82 Å². The van der Waals surface area contributed by atoms with Crippen LogP contribution in [0.1, 0.15) is 19.4 Å². The normalized spacial score (nSPS) is 15.2. The number of hydrogen-bond acceptors (Lipinski definition) is 7. The number of hydrogen-bond donors (Lipinski definition) is 1. The third-order valence-corrected chi connectivity index (χ3v) is 5.85. The largest absolute Gasteiger partial charge is 0.464 e. The van der Waals surface area contributed by atoms with Crippen LogP contribution in [0.4, 0.5) is 30.5 Å². The summed E-state index contributed by atoms with van der Waals surface area (Å²) in [5, 5.41) is 7.04. The van der Waals surface area contributed by atoms with Crippen LogP contribution in [0.25, 0.3) is 5.69 Å². The lowest BCUT2D eigenvalue weighted by atomic mass is 10.1. The van der Waals surface area contributed by atoms with Crippen LogP contribution < -0.4 is 10.2 Å². The molecule has 0 bridgehead atoms. The van der Waals surface area contributed by atoms with Gasteiger partial charge in [-0.05, 0) is 43.7 Å². The number of anilines is 3. The molecule has 1 aliphatic heterocycles. The number of carbonyl (C=O) groups is 1. The summed E-state index contributed by atoms with van der Waals surface area (Å²) in [5.41, 5.74) is 1.68. The molecular weight excluding hydrogens is 461 g/mol. The highest BCUT2D eigenvalue weighted by atomic mass is 19.1. The van der Waals surface area contributed by atoms with Gasteiger partial charge in [-0.3, -0.25) is 9.69 Å². The number of nitrogens with one attached hydrogen (secondary N) is 1. The standard InChI is InChI=1S/C24H27F3N6O2/c1-15-8-21(29-24-28-14-33(30-24)20-11-18(25)10-19(26)12-20)23(27)22(9-15)32-6-4-31(5-7-32)16(2)13-35-17(3)34/h8-12,14,16H,4-7,13H2,1-3H3,(H,29,30). The van der Waals surface area contributed by atoms with Gasteiger partial charge in [0, 0.05) is 45.2 Å². The Balaban J connectivity index is 1.46. The van der Waals surface area contributed by atoms with Crippen LogP contribution in [-0.4, -0.2) is 64.5 Å². The lowest BCUT2D eigenvalue weighted by molar-refractivity contribution is -0.142. The highest BCUT2D eigenvalue weighted by molar-refractivity contribution is 5.66. The van der Waals surface area contributed by atoms with Gasteiger partial charge >= 0.3 is 5.97 Å². The molecule has 0 aliphatic carbocycles. The number of aromatic nitrogens is 3. The smallest absolute Gasteiger partial charge is 0.302 e. The number of esters is 1. The number of nitrogens with zero attached hydrogens (tertiary/aromatic N) is 5. The molecule has 1 aromatic heterocycles. The highest BCUT2D eigenvalue weighted by Crippen LogP contribution is 2.30. The summed E-state index contributed by atoms with van der Waals surface area (Å²) in [7, 11) is 0. The van der Waals surface area contributed by atoms with Crippen molar-refractivity contribution in [3.63, 3.8) is 0 Å². The van der Waals surface area contributed by atoms with E-state index in [1.165, 1.54) is 17.9 Å². The Kier molecular flexibility index (Phi) is 7.25. The van der Waals surface area contributed by atoms with Crippen molar-refractivity contribution in [2.75, 3.05) is 43.0 Å². The quantitative estimate of drug-likeness (QED) is 0.507. The predicted molar refractivity (Wildman–Crippen MR) is 126 cm³/mol. The van der Waals surface area contributed by atoms with Crippen molar-refractivity contribution in [3.8, 4) is 5.69 Å². The third-order valence-electron chi connectivity index (χ3n) is 5.85. The fraction of sp³-hybridized carbons (Fsp3) is 0.375. The maximum Gasteiger partial charge on any atom is 0.302 e. The van der Waals surface area contributed by atoms with E-state index in [-0.39, 0.29) is 29.3 Å². The van der Waals surface area contributed by atoms with Crippen LogP contribution in [0, 0.1) is 24.4 Å². The molecule has 35 heavy (non-hydrogen) atoms. The lowest BCUT2D eigenvalue weighted by Crippen LogP contribution is -2.51. The molecule has 1 aliphatic rings. The van der Waals surface area contributed by atoms with Crippen LogP contribution in [0.3, 0.4) is 0 Å². The van der Waals surface area contributed by atoms with Crippen molar-refractivity contribution in [1.82, 2.24) is 19.7 Å². The van der Waals surface area contributed by atoms with E-state index in [1.54, 1.807) is 12.1 Å². The molecule has 1 N–H and O–H groups in total. The first-order valence-corrected chi connectivity index (χ1v) is 11.3. The molecule has 2 aromatic carbocycles. The van der Waals surface area contributed by atoms with Gasteiger partial charge in [0.05, 0.1) is 17.1 Å². The summed E-state index contributed by atoms with van der Waals surface area (Å²) >= 11 is 0. The zero-order chi connectivity index (χ0) is 25.1. The average molecular weight is 489 g/mol. The van der Waals surface area contributed by atoms with E-state index in [9.17, 15) is 13.6 Å². The summed E-state index contributed by atoms with van der Waals surface area (Å²) < 4.78 is 48.9. The zero-order valence-electron chi connectivity index (χ0n) is 19.8. The number of carbonyl (C=O) groups excluding carboxylic acids is 1. The second-order valence-corrected chi connectivity index (χ2v) is 8.59. The maximum atomic E-state index is 15.5. The van der Waals surface area contributed by atoms with Crippen molar-refractivity contribution in [3.05, 3.63) is 59.7 Å². The van der Waals surface area contributed by atoms with Gasteiger partial charge in [0.2, 0.25) is 5.95 Å². The van der Waals surface area contributed by atoms with E-state index < -0.39 is 17.5 Å². The van der Waals surface area contributed by atoms with E-state index in [0.717, 1.165) is 23.8 Å². The number of rotatable bonds is 7. The molecule has 0 spiro atoms. The zero-order valence-corrected chi connectivity index (χ0v) is 19.8. The van der Waals surface area contributed by atoms with Gasteiger partial charge in [-0.25, -0.2) is 17.9 Å². The fourth-order valence-corrected chi connectivity index (χ4v) is 4.05. The van der Waals surface area contributed by atoms with Crippen LogP contribution in [0.2, 0.25) is 0 Å². The average Bonchev–Trinajstić information content (AvgIpc) is 3.28. The predicted octanol–water partition coefficient (Wildman–Crippen LogP) is 3.81. The van der Waals surface area contributed by atoms with Crippen molar-refractivity contribution in [2.45, 2.75) is 26.8 Å². The molecule has 2 heterocycles. The van der Waals surface area contributed by atoms with Crippen LogP contribution in [-0.2, 0) is 9.53 Å². The molecule has 1 saturated heterocycles. The molecule has 1 atom stereocenters. The van der Waals surface area contributed by atoms with Crippen molar-refractivity contribution in [1.29, 1.82) is 0 Å². The van der Waals surface area contributed by atoms with Gasteiger partial charge in [-0.15, -0.1) is 5.10 Å². The third kappa shape index (κ3) is 5.91. The number of aryl methyl sites for hydroxylation is 1. The Morgan fingerprint density at radius 3 is 2.43 bits per heavy atom. The summed E-state index contributed by atoms with van der Waals surface area (Å²) in [6.45, 7) is 8.21. The molecule has 11 heteroatoms. The first kappa shape index (κ1) is 24.5. The molecule has 0 saturated carbocycles. The molecular formula is C24H27F3N6O2. The van der Waals surface area contributed by atoms with Crippen LogP contribution >= 0.6 is 0 Å². The van der Waals surface area contributed by atoms with Gasteiger partial charge in [-0.1, -0.05) is 0 Å². The number of piperazine rings is 1. The maximum absolute atomic E-state index is 15.5. The number of halogens is 3. The lowest BCUT2D eigenvalue weighted by Gasteiger charge is -2.39. The fourth-order valence-electron chi connectivity index (χ4n) is 4.05. The Morgan fingerprint density at radius 1 is 1.09 bits per heavy atom. The van der Waals surface area contributed by atoms with Gasteiger partial charge in [0.25, 0.3) is 0 Å². The van der Waals surface area contributed by atoms with E-state index in [1.807, 2.05) is 18.7 Å². The minimum Gasteiger partial charge on any atom is -0.464 e. The van der Waals surface area contributed by atoms with Crippen molar-refractivity contribution >= 4 is 23.3 Å². The molecule has 0 amide bonds. The minimum absolute atomic E-state index is 0.0772. The SMILES string of the molecule is CC(=O)OCC(C)N1CCN(c2cc(C)cc(Nc3ncn(-c4cc(F)cc(F)c4)n3)c2F)CC1. The topological polar surface area (TPSA) is 75.5 Å². The van der Waals surface area contributed by atoms with Gasteiger partial charge in [-0.2, -0.15) is 4.98 Å². The van der Waals surface area contributed by atoms with E-state index >= 15 is 4.39 Å². The molecule has 0 radical (unpaired) electrons. The van der Waals surface area contributed by atoms with E-state index in [2.05, 4.69) is 20.3 Å². The summed E-state index contributed by atoms with van der Waals surface area (Å²) in [6, 6.07) is 6.54. The van der Waals surface area contributed by atoms with Crippen molar-refractivity contribution in [2.24, 2.45) is 0 Å². The molecule has 8 nitrogen and oxygen atoms in total. The Morgan fingerprint density at radius 2 is 1.77 bits per heavy atom. The first-order chi connectivity index (χ1) is 16.7. The van der Waals surface area contributed by atoms with Gasteiger partial charge < -0.3 is 15.0 Å². The second-order valence-electron chi connectivity index (χ2n) is 8.59. The molecule has 4 rings (SSSR count). The van der Waals surface area contributed by atoms with Crippen LogP contribution in [0.15, 0.2) is 36.7 Å². The molecule has 186 valence electrons. The van der Waals surface area contributed by atoms with E-state index in [4.69, 9.17) is 4.74 Å². The minimum atomic E-state index is -0.736. The van der Waals surface area contributed by atoms with Crippen molar-refractivity contribution < 1.29 is 22.7 Å². The second kappa shape index (κ2) is 10.3. The molecule has 1 fully saturated rings. The summed E-state index contributed by atoms with van der Waals surface area (Å²) in [6.07, 6.45) is 1.29. The van der Waals surface area contributed by atoms with E-state index in [0.29, 0.717) is 38.5 Å². The summed E-state index contributed by atoms with van der Waals surface area (Å²) in [5.74, 6) is -2.13. The number of ether oxygens (including phenoxy) is 1. The van der Waals surface area contributed by atoms with Gasteiger partial charge in [0.1, 0.15) is 24.6 Å². The first-order valence-electron chi connectivity index (χ1n) is 11.3. The Hall–Kier alpha value is -3.60.